The lowest BCUT2D eigenvalue weighted by Crippen LogP contribution is -2.08. The molecule has 0 amide bonds. The summed E-state index contributed by atoms with van der Waals surface area (Å²) in [7, 11) is 1.85. The van der Waals surface area contributed by atoms with Gasteiger partial charge in [0, 0.05) is 19.4 Å². The number of ether oxygens (including phenoxy) is 1. The smallest absolute Gasteiger partial charge is 0.326 e. The van der Waals surface area contributed by atoms with Crippen molar-refractivity contribution in [1.82, 2.24) is 4.57 Å². The number of halogens is 1. The maximum atomic E-state index is 10.6. The van der Waals surface area contributed by atoms with E-state index in [1.807, 2.05) is 7.05 Å². The predicted molar refractivity (Wildman–Crippen MR) is 41.8 cm³/mol. The van der Waals surface area contributed by atoms with E-state index in [9.17, 15) is 4.79 Å². The van der Waals surface area contributed by atoms with Gasteiger partial charge in [0.2, 0.25) is 0 Å². The molecule has 0 radical (unpaired) electrons. The topological polar surface area (TPSA) is 31.2 Å². The van der Waals surface area contributed by atoms with Crippen LogP contribution in [0.15, 0.2) is 18.5 Å². The Morgan fingerprint density at radius 2 is 2.55 bits per heavy atom. The van der Waals surface area contributed by atoms with Crippen molar-refractivity contribution in [3.8, 4) is 5.75 Å². The van der Waals surface area contributed by atoms with Crippen LogP contribution < -0.4 is 4.74 Å². The van der Waals surface area contributed by atoms with Crippen molar-refractivity contribution in [3.05, 3.63) is 18.5 Å². The lowest BCUT2D eigenvalue weighted by Gasteiger charge is -1.95. The standard InChI is InChI=1S/C7H8ClNO2/c1-9-3-2-6(5-9)11-7(10)4-8/h2-3,5H,4H2,1H3. The fourth-order valence-electron chi connectivity index (χ4n) is 0.697. The molecule has 1 aromatic heterocycles. The van der Waals surface area contributed by atoms with Crippen LogP contribution in [0.1, 0.15) is 0 Å². The van der Waals surface area contributed by atoms with E-state index in [0.29, 0.717) is 5.75 Å². The SMILES string of the molecule is Cn1ccc(OC(=O)CCl)c1. The van der Waals surface area contributed by atoms with E-state index in [0.717, 1.165) is 0 Å². The summed E-state index contributed by atoms with van der Waals surface area (Å²) in [5.74, 6) is -0.0226. The lowest BCUT2D eigenvalue weighted by molar-refractivity contribution is -0.131. The number of hydrogen-bond donors (Lipinski definition) is 0. The first-order valence-corrected chi connectivity index (χ1v) is 3.64. The van der Waals surface area contributed by atoms with Crippen LogP contribution in [0, 0.1) is 0 Å². The molecule has 0 saturated carbocycles. The van der Waals surface area contributed by atoms with Crippen molar-refractivity contribution in [2.45, 2.75) is 0 Å². The van der Waals surface area contributed by atoms with E-state index in [1.165, 1.54) is 0 Å². The van der Waals surface area contributed by atoms with Crippen LogP contribution in [0.5, 0.6) is 5.75 Å². The summed E-state index contributed by atoms with van der Waals surface area (Å²) < 4.78 is 6.58. The van der Waals surface area contributed by atoms with Gasteiger partial charge in [-0.2, -0.15) is 0 Å². The molecule has 0 aromatic carbocycles. The first kappa shape index (κ1) is 8.14. The number of aryl methyl sites for hydroxylation is 1. The highest BCUT2D eigenvalue weighted by atomic mass is 35.5. The Kier molecular flexibility index (Phi) is 2.54. The zero-order chi connectivity index (χ0) is 8.27. The molecule has 1 heterocycles. The highest BCUT2D eigenvalue weighted by molar-refractivity contribution is 6.26. The first-order chi connectivity index (χ1) is 5.22. The van der Waals surface area contributed by atoms with Gasteiger partial charge in [0.25, 0.3) is 0 Å². The molecule has 0 aliphatic heterocycles. The van der Waals surface area contributed by atoms with Crippen LogP contribution in [0.25, 0.3) is 0 Å². The lowest BCUT2D eigenvalue weighted by atomic mass is 10.6. The van der Waals surface area contributed by atoms with Gasteiger partial charge in [-0.1, -0.05) is 0 Å². The largest absolute Gasteiger partial charge is 0.424 e. The molecule has 1 aromatic rings. The molecule has 4 heteroatoms. The van der Waals surface area contributed by atoms with Crippen LogP contribution in [0.3, 0.4) is 0 Å². The van der Waals surface area contributed by atoms with Gasteiger partial charge >= 0.3 is 5.97 Å². The molecule has 0 aliphatic carbocycles. The third-order valence-electron chi connectivity index (χ3n) is 1.15. The Balaban J connectivity index is 2.57. The Morgan fingerprint density at radius 3 is 3.00 bits per heavy atom. The van der Waals surface area contributed by atoms with Crippen molar-refractivity contribution in [3.63, 3.8) is 0 Å². The fraction of sp³-hybridized carbons (Fsp3) is 0.286. The van der Waals surface area contributed by atoms with Crippen molar-refractivity contribution in [2.75, 3.05) is 5.88 Å². The second-order valence-corrected chi connectivity index (χ2v) is 2.39. The molecule has 0 saturated heterocycles. The monoisotopic (exact) mass is 173 g/mol. The van der Waals surface area contributed by atoms with Gasteiger partial charge in [0.1, 0.15) is 11.6 Å². The minimum absolute atomic E-state index is 0.116. The molecule has 0 unspecified atom stereocenters. The number of nitrogens with zero attached hydrogens (tertiary/aromatic N) is 1. The molecule has 0 bridgehead atoms. The number of rotatable bonds is 2. The summed E-state index contributed by atoms with van der Waals surface area (Å²) in [5, 5.41) is 0. The second kappa shape index (κ2) is 3.44. The normalized spacial score (nSPS) is 9.64. The Labute approximate surface area is 69.5 Å². The van der Waals surface area contributed by atoms with Crippen molar-refractivity contribution in [2.24, 2.45) is 7.05 Å². The summed E-state index contributed by atoms with van der Waals surface area (Å²) in [5.41, 5.74) is 0. The Bertz CT molecular complexity index is 257. The van der Waals surface area contributed by atoms with E-state index in [2.05, 4.69) is 0 Å². The first-order valence-electron chi connectivity index (χ1n) is 3.11. The Morgan fingerprint density at radius 1 is 1.82 bits per heavy atom. The molecule has 0 aliphatic rings. The zero-order valence-corrected chi connectivity index (χ0v) is 6.84. The average molecular weight is 174 g/mol. The number of carbonyl (C=O) groups is 1. The molecular formula is C7H8ClNO2. The zero-order valence-electron chi connectivity index (χ0n) is 6.08. The fourth-order valence-corrected chi connectivity index (χ4v) is 0.751. The summed E-state index contributed by atoms with van der Waals surface area (Å²) >= 11 is 5.23. The maximum absolute atomic E-state index is 10.6. The molecule has 60 valence electrons. The second-order valence-electron chi connectivity index (χ2n) is 2.12. The highest BCUT2D eigenvalue weighted by Crippen LogP contribution is 2.09. The number of alkyl halides is 1. The maximum Gasteiger partial charge on any atom is 0.326 e. The van der Waals surface area contributed by atoms with Crippen LogP contribution in [0.4, 0.5) is 0 Å². The van der Waals surface area contributed by atoms with Gasteiger partial charge in [-0.05, 0) is 6.07 Å². The van der Waals surface area contributed by atoms with Gasteiger partial charge in [0.15, 0.2) is 0 Å². The van der Waals surface area contributed by atoms with E-state index >= 15 is 0 Å². The third-order valence-corrected chi connectivity index (χ3v) is 1.36. The van der Waals surface area contributed by atoms with Crippen LogP contribution in [-0.2, 0) is 11.8 Å². The molecule has 3 nitrogen and oxygen atoms in total. The number of esters is 1. The summed E-state index contributed by atoms with van der Waals surface area (Å²) in [6.45, 7) is 0. The van der Waals surface area contributed by atoms with Gasteiger partial charge in [0.05, 0.1) is 0 Å². The molecular weight excluding hydrogens is 166 g/mol. The number of carbonyl (C=O) groups excluding carboxylic acids is 1. The van der Waals surface area contributed by atoms with Gasteiger partial charge < -0.3 is 9.30 Å². The predicted octanol–water partition coefficient (Wildman–Crippen LogP) is 1.17. The van der Waals surface area contributed by atoms with Crippen molar-refractivity contribution < 1.29 is 9.53 Å². The van der Waals surface area contributed by atoms with E-state index < -0.39 is 5.97 Å². The van der Waals surface area contributed by atoms with Gasteiger partial charge in [-0.25, -0.2) is 0 Å². The molecule has 0 fully saturated rings. The van der Waals surface area contributed by atoms with Gasteiger partial charge in [-0.15, -0.1) is 11.6 Å². The van der Waals surface area contributed by atoms with E-state index in [-0.39, 0.29) is 5.88 Å². The summed E-state index contributed by atoms with van der Waals surface area (Å²) in [4.78, 5) is 10.6. The average Bonchev–Trinajstić information content (AvgIpc) is 2.35. The van der Waals surface area contributed by atoms with Crippen molar-refractivity contribution in [1.29, 1.82) is 0 Å². The molecule has 11 heavy (non-hydrogen) atoms. The Hall–Kier alpha value is -0.960. The quantitative estimate of drug-likeness (QED) is 0.497. The minimum Gasteiger partial charge on any atom is -0.424 e. The summed E-state index contributed by atoms with van der Waals surface area (Å²) in [6, 6.07) is 1.70. The minimum atomic E-state index is -0.433. The van der Waals surface area contributed by atoms with Crippen LogP contribution in [0.2, 0.25) is 0 Å². The molecule has 0 spiro atoms. The van der Waals surface area contributed by atoms with Crippen molar-refractivity contribution >= 4 is 17.6 Å². The van der Waals surface area contributed by atoms with E-state index in [4.69, 9.17) is 16.3 Å². The van der Waals surface area contributed by atoms with Gasteiger partial charge in [-0.3, -0.25) is 4.79 Å². The molecule has 0 atom stereocenters. The van der Waals surface area contributed by atoms with E-state index in [1.54, 1.807) is 23.0 Å². The molecule has 1 rings (SSSR count). The highest BCUT2D eigenvalue weighted by Gasteiger charge is 2.02. The third kappa shape index (κ3) is 2.27. The van der Waals surface area contributed by atoms with Crippen LogP contribution in [-0.4, -0.2) is 16.4 Å². The number of aromatic nitrogens is 1. The number of hydrogen-bond acceptors (Lipinski definition) is 2. The van der Waals surface area contributed by atoms with Crippen LogP contribution >= 0.6 is 11.6 Å². The summed E-state index contributed by atoms with van der Waals surface area (Å²) in [6.07, 6.45) is 3.49. The molecule has 0 N–H and O–H groups in total.